The van der Waals surface area contributed by atoms with E-state index in [2.05, 4.69) is 20.4 Å². The van der Waals surface area contributed by atoms with Crippen molar-refractivity contribution in [3.63, 3.8) is 0 Å². The number of hydrogen-bond donors (Lipinski definition) is 0. The summed E-state index contributed by atoms with van der Waals surface area (Å²) in [6, 6.07) is 0. The zero-order valence-electron chi connectivity index (χ0n) is 11.7. The molecule has 0 aromatic carbocycles. The quantitative estimate of drug-likeness (QED) is 0.406. The van der Waals surface area contributed by atoms with Crippen LogP contribution >= 0.6 is 0 Å². The fourth-order valence-corrected chi connectivity index (χ4v) is 1.22. The van der Waals surface area contributed by atoms with Crippen LogP contribution in [0, 0.1) is 0 Å². The van der Waals surface area contributed by atoms with Gasteiger partial charge in [0.05, 0.1) is 5.57 Å². The van der Waals surface area contributed by atoms with Crippen molar-refractivity contribution in [2.75, 3.05) is 0 Å². The second-order valence-electron chi connectivity index (χ2n) is 5.15. The minimum Gasteiger partial charge on any atom is -0.456 e. The summed E-state index contributed by atoms with van der Waals surface area (Å²) in [5.41, 5.74) is 1.20. The molecule has 0 aromatic rings. The van der Waals surface area contributed by atoms with E-state index in [9.17, 15) is 4.79 Å². The standard InChI is InChI=1S/C15H24O2/c1-7-9-12(2)10-8-11-13(3)14(16)17-15(4,5)6/h8,10-11H,3,7,9H2,1-2,4-6H3/b11-8-,12-10-. The molecule has 0 spiro atoms. The third-order valence-electron chi connectivity index (χ3n) is 1.98. The van der Waals surface area contributed by atoms with Gasteiger partial charge in [-0.2, -0.15) is 0 Å². The molecule has 0 aliphatic rings. The SMILES string of the molecule is C=C(/C=C\C=C(\C)CCC)C(=O)OC(C)(C)C. The van der Waals surface area contributed by atoms with Crippen LogP contribution in [0.3, 0.4) is 0 Å². The Kier molecular flexibility index (Phi) is 6.55. The molecule has 0 bridgehead atoms. The van der Waals surface area contributed by atoms with Gasteiger partial charge in [-0.15, -0.1) is 0 Å². The first-order valence-electron chi connectivity index (χ1n) is 6.02. The molecule has 0 aliphatic heterocycles. The Morgan fingerprint density at radius 2 is 1.94 bits per heavy atom. The fourth-order valence-electron chi connectivity index (χ4n) is 1.22. The van der Waals surface area contributed by atoms with Gasteiger partial charge in [-0.25, -0.2) is 4.79 Å². The Bertz CT molecular complexity index is 327. The molecular formula is C15H24O2. The van der Waals surface area contributed by atoms with Gasteiger partial charge in [0.15, 0.2) is 0 Å². The van der Waals surface area contributed by atoms with Crippen molar-refractivity contribution in [3.05, 3.63) is 36.0 Å². The van der Waals surface area contributed by atoms with Gasteiger partial charge in [0, 0.05) is 0 Å². The van der Waals surface area contributed by atoms with Crippen molar-refractivity contribution < 1.29 is 9.53 Å². The summed E-state index contributed by atoms with van der Waals surface area (Å²) < 4.78 is 5.19. The Morgan fingerprint density at radius 1 is 1.35 bits per heavy atom. The first kappa shape index (κ1) is 15.7. The van der Waals surface area contributed by atoms with E-state index in [0.717, 1.165) is 12.8 Å². The smallest absolute Gasteiger partial charge is 0.338 e. The maximum atomic E-state index is 11.6. The molecule has 96 valence electrons. The van der Waals surface area contributed by atoms with Gasteiger partial charge in [0.2, 0.25) is 0 Å². The van der Waals surface area contributed by atoms with E-state index in [1.807, 2.05) is 32.9 Å². The van der Waals surface area contributed by atoms with Crippen LogP contribution in [0.1, 0.15) is 47.5 Å². The van der Waals surface area contributed by atoms with Gasteiger partial charge >= 0.3 is 5.97 Å². The average Bonchev–Trinajstić information content (AvgIpc) is 2.15. The summed E-state index contributed by atoms with van der Waals surface area (Å²) in [7, 11) is 0. The van der Waals surface area contributed by atoms with Crippen molar-refractivity contribution in [3.8, 4) is 0 Å². The molecule has 0 amide bonds. The molecule has 0 unspecified atom stereocenters. The summed E-state index contributed by atoms with van der Waals surface area (Å²) in [6.07, 6.45) is 7.73. The van der Waals surface area contributed by atoms with Crippen molar-refractivity contribution in [1.82, 2.24) is 0 Å². The Labute approximate surface area is 105 Å². The third-order valence-corrected chi connectivity index (χ3v) is 1.98. The molecule has 0 radical (unpaired) electrons. The number of ether oxygens (including phenoxy) is 1. The highest BCUT2D eigenvalue weighted by Crippen LogP contribution is 2.11. The largest absolute Gasteiger partial charge is 0.456 e. The number of carbonyl (C=O) groups excluding carboxylic acids is 1. The predicted molar refractivity (Wildman–Crippen MR) is 72.8 cm³/mol. The van der Waals surface area contributed by atoms with Gasteiger partial charge in [0.1, 0.15) is 5.60 Å². The van der Waals surface area contributed by atoms with Crippen molar-refractivity contribution >= 4 is 5.97 Å². The number of allylic oxidation sites excluding steroid dienone is 3. The lowest BCUT2D eigenvalue weighted by atomic mass is 10.1. The maximum absolute atomic E-state index is 11.6. The zero-order valence-corrected chi connectivity index (χ0v) is 11.7. The van der Waals surface area contributed by atoms with Crippen LogP contribution in [0.5, 0.6) is 0 Å². The molecule has 0 fully saturated rings. The first-order chi connectivity index (χ1) is 7.76. The summed E-state index contributed by atoms with van der Waals surface area (Å²) >= 11 is 0. The topological polar surface area (TPSA) is 26.3 Å². The Morgan fingerprint density at radius 3 is 2.41 bits per heavy atom. The second kappa shape index (κ2) is 7.10. The number of esters is 1. The van der Waals surface area contributed by atoms with Gasteiger partial charge < -0.3 is 4.74 Å². The van der Waals surface area contributed by atoms with E-state index in [1.54, 1.807) is 6.08 Å². The van der Waals surface area contributed by atoms with E-state index < -0.39 is 5.60 Å². The molecule has 0 saturated carbocycles. The molecule has 0 aliphatic carbocycles. The van der Waals surface area contributed by atoms with Crippen molar-refractivity contribution in [1.29, 1.82) is 0 Å². The van der Waals surface area contributed by atoms with Gasteiger partial charge in [-0.3, -0.25) is 0 Å². The normalized spacial score (nSPS) is 12.9. The zero-order chi connectivity index (χ0) is 13.5. The highest BCUT2D eigenvalue weighted by atomic mass is 16.6. The molecule has 2 heteroatoms. The minimum atomic E-state index is -0.470. The summed E-state index contributed by atoms with van der Waals surface area (Å²) in [5.74, 6) is -0.365. The van der Waals surface area contributed by atoms with Crippen molar-refractivity contribution in [2.24, 2.45) is 0 Å². The van der Waals surface area contributed by atoms with Crippen LogP contribution in [0.2, 0.25) is 0 Å². The van der Waals surface area contributed by atoms with E-state index in [0.29, 0.717) is 5.57 Å². The summed E-state index contributed by atoms with van der Waals surface area (Å²) in [4.78, 5) is 11.6. The van der Waals surface area contributed by atoms with Gasteiger partial charge in [-0.05, 0) is 40.2 Å². The highest BCUT2D eigenvalue weighted by molar-refractivity contribution is 5.91. The van der Waals surface area contributed by atoms with Crippen LogP contribution in [0.25, 0.3) is 0 Å². The summed E-state index contributed by atoms with van der Waals surface area (Å²) in [6.45, 7) is 13.4. The monoisotopic (exact) mass is 236 g/mol. The Balaban J connectivity index is 4.31. The first-order valence-corrected chi connectivity index (χ1v) is 6.02. The number of rotatable bonds is 5. The molecule has 0 heterocycles. The molecule has 0 rings (SSSR count). The Hall–Kier alpha value is -1.31. The third kappa shape index (κ3) is 8.49. The van der Waals surface area contributed by atoms with Crippen LogP contribution in [-0.4, -0.2) is 11.6 Å². The maximum Gasteiger partial charge on any atom is 0.338 e. The fraction of sp³-hybridized carbons (Fsp3) is 0.533. The average molecular weight is 236 g/mol. The van der Waals surface area contributed by atoms with Crippen LogP contribution in [0.15, 0.2) is 36.0 Å². The molecule has 0 saturated heterocycles. The van der Waals surface area contributed by atoms with E-state index in [4.69, 9.17) is 4.74 Å². The number of carbonyl (C=O) groups is 1. The molecule has 0 atom stereocenters. The lowest BCUT2D eigenvalue weighted by Gasteiger charge is -2.19. The van der Waals surface area contributed by atoms with Crippen LogP contribution in [0.4, 0.5) is 0 Å². The lowest BCUT2D eigenvalue weighted by molar-refractivity contribution is -0.149. The molecule has 0 aromatic heterocycles. The van der Waals surface area contributed by atoms with Crippen molar-refractivity contribution in [2.45, 2.75) is 53.1 Å². The summed E-state index contributed by atoms with van der Waals surface area (Å²) in [5, 5.41) is 0. The predicted octanol–water partition coefficient (Wildman–Crippen LogP) is 4.19. The molecular weight excluding hydrogens is 212 g/mol. The lowest BCUT2D eigenvalue weighted by Crippen LogP contribution is -2.24. The van der Waals surface area contributed by atoms with E-state index in [-0.39, 0.29) is 5.97 Å². The van der Waals surface area contributed by atoms with Gasteiger partial charge in [0.25, 0.3) is 0 Å². The molecule has 17 heavy (non-hydrogen) atoms. The van der Waals surface area contributed by atoms with Crippen LogP contribution < -0.4 is 0 Å². The second-order valence-corrected chi connectivity index (χ2v) is 5.15. The van der Waals surface area contributed by atoms with E-state index in [1.165, 1.54) is 5.57 Å². The minimum absolute atomic E-state index is 0.365. The van der Waals surface area contributed by atoms with Crippen LogP contribution in [-0.2, 0) is 9.53 Å². The van der Waals surface area contributed by atoms with E-state index >= 15 is 0 Å². The highest BCUT2D eigenvalue weighted by Gasteiger charge is 2.16. The molecule has 0 N–H and O–H groups in total. The number of hydrogen-bond acceptors (Lipinski definition) is 2. The molecule has 2 nitrogen and oxygen atoms in total. The van der Waals surface area contributed by atoms with Gasteiger partial charge in [-0.1, -0.05) is 37.6 Å².